The van der Waals surface area contributed by atoms with E-state index in [4.69, 9.17) is 11.6 Å². The summed E-state index contributed by atoms with van der Waals surface area (Å²) in [6, 6.07) is 4.95. The number of halogens is 2. The molecule has 1 aromatic rings. The highest BCUT2D eigenvalue weighted by atomic mass is 35.5. The van der Waals surface area contributed by atoms with Gasteiger partial charge in [0, 0.05) is 16.6 Å². The normalized spacial score (nSPS) is 15.3. The van der Waals surface area contributed by atoms with E-state index in [1.165, 1.54) is 6.07 Å². The quantitative estimate of drug-likeness (QED) is 0.784. The summed E-state index contributed by atoms with van der Waals surface area (Å²) in [5.41, 5.74) is 1.00. The molecule has 0 amide bonds. The van der Waals surface area contributed by atoms with Gasteiger partial charge in [-0.1, -0.05) is 45.4 Å². The number of hydrogen-bond acceptors (Lipinski definition) is 1. The minimum absolute atomic E-state index is 0.0367. The van der Waals surface area contributed by atoms with Gasteiger partial charge in [0.25, 0.3) is 0 Å². The Morgan fingerprint density at radius 3 is 2.42 bits per heavy atom. The summed E-state index contributed by atoms with van der Waals surface area (Å²) in [4.78, 5) is 0. The van der Waals surface area contributed by atoms with Crippen LogP contribution in [0.15, 0.2) is 18.2 Å². The van der Waals surface area contributed by atoms with Crippen LogP contribution in [-0.2, 0) is 0 Å². The molecule has 3 heteroatoms. The van der Waals surface area contributed by atoms with Crippen molar-refractivity contribution in [1.29, 1.82) is 0 Å². The van der Waals surface area contributed by atoms with Gasteiger partial charge in [-0.2, -0.15) is 0 Å². The Kier molecular flexibility index (Phi) is 5.82. The van der Waals surface area contributed by atoms with Crippen LogP contribution in [0.1, 0.15) is 52.1 Å². The molecule has 0 aliphatic carbocycles. The van der Waals surface area contributed by atoms with Crippen LogP contribution in [0.3, 0.4) is 0 Å². The smallest absolute Gasteiger partial charge is 0.129 e. The van der Waals surface area contributed by atoms with Gasteiger partial charge in [-0.3, -0.25) is 0 Å². The van der Waals surface area contributed by atoms with Gasteiger partial charge >= 0.3 is 0 Å². The summed E-state index contributed by atoms with van der Waals surface area (Å²) < 4.78 is 14.0. The first-order valence-corrected chi connectivity index (χ1v) is 7.23. The fourth-order valence-electron chi connectivity index (χ4n) is 2.72. The van der Waals surface area contributed by atoms with Crippen molar-refractivity contribution in [3.8, 4) is 0 Å². The molecule has 1 aromatic carbocycles. The molecule has 0 aliphatic heterocycles. The minimum atomic E-state index is -0.227. The Labute approximate surface area is 121 Å². The summed E-state index contributed by atoms with van der Waals surface area (Å²) in [6.07, 6.45) is 2.05. The predicted molar refractivity (Wildman–Crippen MR) is 81.1 cm³/mol. The molecule has 0 aromatic heterocycles. The van der Waals surface area contributed by atoms with Crippen molar-refractivity contribution in [3.63, 3.8) is 0 Å². The first-order chi connectivity index (χ1) is 8.73. The Balaban J connectivity index is 2.78. The monoisotopic (exact) mass is 285 g/mol. The highest BCUT2D eigenvalue weighted by molar-refractivity contribution is 6.30. The third kappa shape index (κ3) is 5.50. The van der Waals surface area contributed by atoms with Crippen LogP contribution in [-0.4, -0.2) is 7.05 Å². The van der Waals surface area contributed by atoms with Crippen molar-refractivity contribution in [1.82, 2.24) is 5.32 Å². The Hall–Kier alpha value is -0.600. The van der Waals surface area contributed by atoms with Crippen LogP contribution in [0.25, 0.3) is 0 Å². The van der Waals surface area contributed by atoms with Gasteiger partial charge < -0.3 is 5.32 Å². The van der Waals surface area contributed by atoms with Crippen LogP contribution < -0.4 is 5.32 Å². The van der Waals surface area contributed by atoms with Gasteiger partial charge in [-0.25, -0.2) is 4.39 Å². The number of rotatable bonds is 5. The predicted octanol–water partition coefficient (Wildman–Crippen LogP) is 5.20. The summed E-state index contributed by atoms with van der Waals surface area (Å²) in [6.45, 7) is 8.94. The first kappa shape index (κ1) is 16.5. The number of hydrogen-bond donors (Lipinski definition) is 1. The SMILES string of the molecule is CNC(CC(C)CC(C)(C)C)c1ccc(Cl)cc1F. The van der Waals surface area contributed by atoms with Crippen molar-refractivity contribution in [2.45, 2.75) is 46.6 Å². The molecule has 108 valence electrons. The lowest BCUT2D eigenvalue weighted by molar-refractivity contribution is 0.277. The summed E-state index contributed by atoms with van der Waals surface area (Å²) in [5, 5.41) is 3.66. The van der Waals surface area contributed by atoms with Gasteiger partial charge in [0.05, 0.1) is 0 Å². The highest BCUT2D eigenvalue weighted by Crippen LogP contribution is 2.31. The van der Waals surface area contributed by atoms with E-state index >= 15 is 0 Å². The molecule has 0 fully saturated rings. The van der Waals surface area contributed by atoms with Gasteiger partial charge in [0.15, 0.2) is 0 Å². The van der Waals surface area contributed by atoms with Gasteiger partial charge in [0.1, 0.15) is 5.82 Å². The molecular weight excluding hydrogens is 261 g/mol. The van der Waals surface area contributed by atoms with Gasteiger partial charge in [-0.15, -0.1) is 0 Å². The van der Waals surface area contributed by atoms with Crippen molar-refractivity contribution in [2.24, 2.45) is 11.3 Å². The molecule has 1 N–H and O–H groups in total. The average molecular weight is 286 g/mol. The van der Waals surface area contributed by atoms with Crippen LogP contribution in [0.4, 0.5) is 4.39 Å². The Morgan fingerprint density at radius 1 is 1.32 bits per heavy atom. The minimum Gasteiger partial charge on any atom is -0.313 e. The van der Waals surface area contributed by atoms with E-state index in [0.717, 1.165) is 12.8 Å². The third-order valence-corrected chi connectivity index (χ3v) is 3.52. The molecule has 0 saturated carbocycles. The highest BCUT2D eigenvalue weighted by Gasteiger charge is 2.21. The van der Waals surface area contributed by atoms with E-state index in [2.05, 4.69) is 33.0 Å². The van der Waals surface area contributed by atoms with E-state index in [1.807, 2.05) is 7.05 Å². The number of benzene rings is 1. The third-order valence-electron chi connectivity index (χ3n) is 3.29. The van der Waals surface area contributed by atoms with E-state index in [9.17, 15) is 4.39 Å². The average Bonchev–Trinajstić information content (AvgIpc) is 2.24. The second-order valence-electron chi connectivity index (χ2n) is 6.61. The molecular formula is C16H25ClFN. The number of nitrogens with one attached hydrogen (secondary N) is 1. The van der Waals surface area contributed by atoms with Gasteiger partial charge in [-0.05, 0) is 43.4 Å². The maximum absolute atomic E-state index is 14.0. The van der Waals surface area contributed by atoms with Crippen LogP contribution >= 0.6 is 11.6 Å². The van der Waals surface area contributed by atoms with E-state index < -0.39 is 0 Å². The molecule has 0 spiro atoms. The topological polar surface area (TPSA) is 12.0 Å². The standard InChI is InChI=1S/C16H25ClFN/c1-11(10-16(2,3)4)8-15(19-5)13-7-6-12(17)9-14(13)18/h6-7,9,11,15,19H,8,10H2,1-5H3. The Morgan fingerprint density at radius 2 is 1.95 bits per heavy atom. The van der Waals surface area contributed by atoms with Crippen molar-refractivity contribution in [3.05, 3.63) is 34.6 Å². The molecule has 19 heavy (non-hydrogen) atoms. The lowest BCUT2D eigenvalue weighted by atomic mass is 9.82. The second-order valence-corrected chi connectivity index (χ2v) is 7.05. The van der Waals surface area contributed by atoms with Crippen LogP contribution in [0.2, 0.25) is 5.02 Å². The maximum atomic E-state index is 14.0. The summed E-state index contributed by atoms with van der Waals surface area (Å²) in [5.74, 6) is 0.308. The molecule has 0 saturated heterocycles. The van der Waals surface area contributed by atoms with Crippen LogP contribution in [0, 0.1) is 17.2 Å². The summed E-state index contributed by atoms with van der Waals surface area (Å²) >= 11 is 5.80. The van der Waals surface area contributed by atoms with Crippen molar-refractivity contribution >= 4 is 11.6 Å². The zero-order valence-corrected chi connectivity index (χ0v) is 13.3. The van der Waals surface area contributed by atoms with E-state index in [-0.39, 0.29) is 11.9 Å². The lowest BCUT2D eigenvalue weighted by Gasteiger charge is -2.27. The molecule has 1 nitrogen and oxygen atoms in total. The zero-order chi connectivity index (χ0) is 14.6. The molecule has 0 aliphatic rings. The molecule has 1 rings (SSSR count). The zero-order valence-electron chi connectivity index (χ0n) is 12.6. The molecule has 2 atom stereocenters. The molecule has 0 bridgehead atoms. The fraction of sp³-hybridized carbons (Fsp3) is 0.625. The van der Waals surface area contributed by atoms with E-state index in [0.29, 0.717) is 21.9 Å². The molecule has 0 radical (unpaired) electrons. The van der Waals surface area contributed by atoms with E-state index in [1.54, 1.807) is 12.1 Å². The lowest BCUT2D eigenvalue weighted by Crippen LogP contribution is -2.22. The summed E-state index contributed by atoms with van der Waals surface area (Å²) in [7, 11) is 1.88. The van der Waals surface area contributed by atoms with Gasteiger partial charge in [0.2, 0.25) is 0 Å². The Bertz CT molecular complexity index is 412. The second kappa shape index (κ2) is 6.71. The molecule has 0 heterocycles. The fourth-order valence-corrected chi connectivity index (χ4v) is 2.87. The van der Waals surface area contributed by atoms with Crippen molar-refractivity contribution < 1.29 is 4.39 Å². The van der Waals surface area contributed by atoms with Crippen LogP contribution in [0.5, 0.6) is 0 Å². The van der Waals surface area contributed by atoms with Crippen molar-refractivity contribution in [2.75, 3.05) is 7.05 Å². The maximum Gasteiger partial charge on any atom is 0.129 e. The largest absolute Gasteiger partial charge is 0.313 e. The molecule has 2 unspecified atom stereocenters. The first-order valence-electron chi connectivity index (χ1n) is 6.85.